The predicted molar refractivity (Wildman–Crippen MR) is 110 cm³/mol. The molecule has 1 heterocycles. The Morgan fingerprint density at radius 2 is 1.89 bits per heavy atom. The molecule has 0 aliphatic heterocycles. The van der Waals surface area contributed by atoms with Crippen molar-refractivity contribution in [1.82, 2.24) is 5.32 Å². The molecule has 2 aromatic carbocycles. The Morgan fingerprint density at radius 1 is 1.07 bits per heavy atom. The highest BCUT2D eigenvalue weighted by Crippen LogP contribution is 2.24. The number of hydrogen-bond acceptors (Lipinski definition) is 3. The van der Waals surface area contributed by atoms with Gasteiger partial charge in [0.2, 0.25) is 0 Å². The van der Waals surface area contributed by atoms with Gasteiger partial charge in [-0.2, -0.15) is 0 Å². The van der Waals surface area contributed by atoms with Gasteiger partial charge in [-0.3, -0.25) is 0 Å². The monoisotopic (exact) mass is 425 g/mol. The fourth-order valence-corrected chi connectivity index (χ4v) is 3.10. The average molecular weight is 427 g/mol. The summed E-state index contributed by atoms with van der Waals surface area (Å²) in [5, 5.41) is 13.7. The molecular formula is C20H18Cl3NO3. The maximum absolute atomic E-state index is 11.1. The van der Waals surface area contributed by atoms with Crippen molar-refractivity contribution < 1.29 is 14.3 Å². The van der Waals surface area contributed by atoms with Gasteiger partial charge in [-0.25, -0.2) is 4.79 Å². The van der Waals surface area contributed by atoms with E-state index in [-0.39, 0.29) is 18.0 Å². The second kappa shape index (κ2) is 9.81. The zero-order chi connectivity index (χ0) is 18.5. The molecule has 7 heteroatoms. The molecule has 0 saturated carbocycles. The predicted octanol–water partition coefficient (Wildman–Crippen LogP) is 5.71. The minimum atomic E-state index is -0.957. The molecule has 0 radical (unpaired) electrons. The van der Waals surface area contributed by atoms with Crippen LogP contribution in [0.4, 0.5) is 0 Å². The Hall–Kier alpha value is -1.98. The topological polar surface area (TPSA) is 62.5 Å². The summed E-state index contributed by atoms with van der Waals surface area (Å²) in [6.45, 7) is 1.32. The van der Waals surface area contributed by atoms with Crippen LogP contribution in [0.3, 0.4) is 0 Å². The van der Waals surface area contributed by atoms with Crippen LogP contribution >= 0.6 is 35.6 Å². The van der Waals surface area contributed by atoms with Crippen molar-refractivity contribution in [2.75, 3.05) is 6.54 Å². The van der Waals surface area contributed by atoms with Crippen molar-refractivity contribution in [1.29, 1.82) is 0 Å². The number of hydrogen-bond donors (Lipinski definition) is 2. The quantitative estimate of drug-likeness (QED) is 0.475. The fourth-order valence-electron chi connectivity index (χ4n) is 2.59. The molecule has 0 unspecified atom stereocenters. The maximum atomic E-state index is 11.1. The first-order valence-electron chi connectivity index (χ1n) is 8.10. The summed E-state index contributed by atoms with van der Waals surface area (Å²) >= 11 is 12.1. The molecule has 0 aliphatic rings. The van der Waals surface area contributed by atoms with E-state index in [0.717, 1.165) is 29.9 Å². The number of furan rings is 1. The highest BCUT2D eigenvalue weighted by molar-refractivity contribution is 6.35. The summed E-state index contributed by atoms with van der Waals surface area (Å²) in [5.41, 5.74) is 2.01. The molecule has 0 fully saturated rings. The maximum Gasteiger partial charge on any atom is 0.335 e. The number of nitrogens with one attached hydrogen (secondary N) is 1. The minimum absolute atomic E-state index is 0. The summed E-state index contributed by atoms with van der Waals surface area (Å²) < 4.78 is 5.80. The lowest BCUT2D eigenvalue weighted by Gasteiger charge is -2.06. The highest BCUT2D eigenvalue weighted by Gasteiger charge is 2.08. The van der Waals surface area contributed by atoms with E-state index in [0.29, 0.717) is 22.4 Å². The van der Waals surface area contributed by atoms with Gasteiger partial charge in [-0.15, -0.1) is 12.4 Å². The molecule has 0 amide bonds. The minimum Gasteiger partial charge on any atom is -0.478 e. The third kappa shape index (κ3) is 5.75. The van der Waals surface area contributed by atoms with Crippen molar-refractivity contribution >= 4 is 41.6 Å². The molecule has 4 nitrogen and oxygen atoms in total. The fraction of sp³-hybridized carbons (Fsp3) is 0.150. The van der Waals surface area contributed by atoms with Crippen molar-refractivity contribution in [2.45, 2.75) is 13.0 Å². The molecule has 0 saturated heterocycles. The lowest BCUT2D eigenvalue weighted by atomic mass is 10.1. The van der Waals surface area contributed by atoms with E-state index in [2.05, 4.69) is 5.32 Å². The first-order chi connectivity index (χ1) is 12.5. The average Bonchev–Trinajstić information content (AvgIpc) is 3.09. The Morgan fingerprint density at radius 3 is 2.63 bits per heavy atom. The molecule has 0 bridgehead atoms. The lowest BCUT2D eigenvalue weighted by Crippen LogP contribution is -2.16. The van der Waals surface area contributed by atoms with Crippen molar-refractivity contribution in [2.24, 2.45) is 0 Å². The van der Waals surface area contributed by atoms with Crippen LogP contribution in [-0.2, 0) is 13.0 Å². The van der Waals surface area contributed by atoms with E-state index in [4.69, 9.17) is 32.7 Å². The number of carboxylic acid groups (broad SMARTS) is 1. The van der Waals surface area contributed by atoms with Crippen LogP contribution in [0.2, 0.25) is 10.0 Å². The summed E-state index contributed by atoms with van der Waals surface area (Å²) in [7, 11) is 0. The van der Waals surface area contributed by atoms with Crippen LogP contribution in [0.15, 0.2) is 59.0 Å². The molecule has 3 aromatic rings. The van der Waals surface area contributed by atoms with Crippen LogP contribution in [-0.4, -0.2) is 17.6 Å². The third-order valence-electron chi connectivity index (χ3n) is 3.94. The molecular weight excluding hydrogens is 409 g/mol. The van der Waals surface area contributed by atoms with Gasteiger partial charge < -0.3 is 14.8 Å². The van der Waals surface area contributed by atoms with Gasteiger partial charge >= 0.3 is 5.97 Å². The van der Waals surface area contributed by atoms with Gasteiger partial charge in [0.25, 0.3) is 0 Å². The molecule has 27 heavy (non-hydrogen) atoms. The van der Waals surface area contributed by atoms with Crippen LogP contribution in [0, 0.1) is 0 Å². The van der Waals surface area contributed by atoms with Crippen LogP contribution in [0.1, 0.15) is 21.7 Å². The van der Waals surface area contributed by atoms with Crippen LogP contribution in [0.25, 0.3) is 11.3 Å². The van der Waals surface area contributed by atoms with Gasteiger partial charge in [0.1, 0.15) is 11.5 Å². The molecule has 0 aliphatic carbocycles. The Kier molecular flexibility index (Phi) is 7.75. The van der Waals surface area contributed by atoms with Gasteiger partial charge in [0.05, 0.1) is 12.1 Å². The second-order valence-electron chi connectivity index (χ2n) is 5.81. The van der Waals surface area contributed by atoms with Crippen molar-refractivity contribution in [3.63, 3.8) is 0 Å². The highest BCUT2D eigenvalue weighted by atomic mass is 35.5. The summed E-state index contributed by atoms with van der Waals surface area (Å²) in [6.07, 6.45) is 0.782. The van der Waals surface area contributed by atoms with E-state index < -0.39 is 5.97 Å². The molecule has 3 rings (SSSR count). The molecule has 0 spiro atoms. The first-order valence-corrected chi connectivity index (χ1v) is 8.85. The number of benzene rings is 2. The van der Waals surface area contributed by atoms with E-state index >= 15 is 0 Å². The molecule has 1 aromatic heterocycles. The van der Waals surface area contributed by atoms with E-state index in [1.807, 2.05) is 30.3 Å². The zero-order valence-electron chi connectivity index (χ0n) is 14.2. The molecule has 0 atom stereocenters. The van der Waals surface area contributed by atoms with E-state index in [9.17, 15) is 4.79 Å². The third-order valence-corrected chi connectivity index (χ3v) is 4.53. The normalized spacial score (nSPS) is 10.4. The summed E-state index contributed by atoms with van der Waals surface area (Å²) in [6, 6.07) is 15.9. The lowest BCUT2D eigenvalue weighted by molar-refractivity contribution is 0.0697. The van der Waals surface area contributed by atoms with Gasteiger partial charge in [-0.05, 0) is 54.9 Å². The summed E-state index contributed by atoms with van der Waals surface area (Å²) in [4.78, 5) is 11.1. The zero-order valence-corrected chi connectivity index (χ0v) is 16.6. The van der Waals surface area contributed by atoms with Gasteiger partial charge in [-0.1, -0.05) is 41.4 Å². The molecule has 2 N–H and O–H groups in total. The SMILES string of the molecule is Cl.O=C(O)c1cccc(-c2ccc(CNCCc3ccc(Cl)cc3Cl)o2)c1. The Bertz CT molecular complexity index is 924. The van der Waals surface area contributed by atoms with Gasteiger partial charge in [0.15, 0.2) is 0 Å². The second-order valence-corrected chi connectivity index (χ2v) is 6.66. The number of carbonyl (C=O) groups is 1. The first kappa shape index (κ1) is 21.3. The smallest absolute Gasteiger partial charge is 0.335 e. The van der Waals surface area contributed by atoms with E-state index in [1.165, 1.54) is 0 Å². The standard InChI is InChI=1S/C20H17Cl2NO3.ClH/c21-16-5-4-13(18(22)11-16)8-9-23-12-17-6-7-19(26-17)14-2-1-3-15(10-14)20(24)25;/h1-7,10-11,23H,8-9,12H2,(H,24,25);1H. The summed E-state index contributed by atoms with van der Waals surface area (Å²) in [5.74, 6) is 0.467. The van der Waals surface area contributed by atoms with Crippen molar-refractivity contribution in [3.05, 3.63) is 81.5 Å². The number of carboxylic acids is 1. The molecule has 142 valence electrons. The number of halogens is 3. The largest absolute Gasteiger partial charge is 0.478 e. The number of aromatic carboxylic acids is 1. The van der Waals surface area contributed by atoms with Gasteiger partial charge in [0, 0.05) is 15.6 Å². The van der Waals surface area contributed by atoms with Crippen LogP contribution < -0.4 is 5.32 Å². The Labute approximate surface area is 173 Å². The van der Waals surface area contributed by atoms with Crippen molar-refractivity contribution in [3.8, 4) is 11.3 Å². The number of rotatable bonds is 7. The van der Waals surface area contributed by atoms with E-state index in [1.54, 1.807) is 24.3 Å². The Balaban J connectivity index is 0.00000261. The van der Waals surface area contributed by atoms with Crippen LogP contribution in [0.5, 0.6) is 0 Å².